The number of para-hydroxylation sites is 1. The average molecular weight is 388 g/mol. The Balaban J connectivity index is 1.47. The van der Waals surface area contributed by atoms with Crippen molar-refractivity contribution in [2.45, 2.75) is 0 Å². The maximum atomic E-state index is 12.7. The van der Waals surface area contributed by atoms with E-state index in [9.17, 15) is 4.79 Å². The number of hydrogen-bond donors (Lipinski definition) is 1. The predicted molar refractivity (Wildman–Crippen MR) is 110 cm³/mol. The fourth-order valence-corrected chi connectivity index (χ4v) is 4.69. The maximum absolute atomic E-state index is 12.7. The smallest absolute Gasteiger partial charge is 0.256 e. The zero-order chi connectivity index (χ0) is 18.2. The number of rotatable bonds is 3. The Morgan fingerprint density at radius 2 is 1.78 bits per heavy atom. The molecule has 27 heavy (non-hydrogen) atoms. The molecule has 2 aromatic carbocycles. The van der Waals surface area contributed by atoms with E-state index in [0.717, 1.165) is 31.3 Å². The number of fused-ring (bicyclic) bond motifs is 2. The van der Waals surface area contributed by atoms with E-state index in [1.165, 1.54) is 11.3 Å². The molecule has 5 nitrogen and oxygen atoms in total. The molecular formula is C20H12N4OS2. The quantitative estimate of drug-likeness (QED) is 0.460. The summed E-state index contributed by atoms with van der Waals surface area (Å²) in [4.78, 5) is 25.9. The first kappa shape index (κ1) is 16.0. The molecule has 0 aliphatic rings. The molecule has 1 N–H and O–H groups in total. The van der Waals surface area contributed by atoms with Crippen LogP contribution < -0.4 is 5.32 Å². The van der Waals surface area contributed by atoms with Crippen LogP contribution in [0.15, 0.2) is 66.3 Å². The summed E-state index contributed by atoms with van der Waals surface area (Å²) in [7, 11) is 0. The number of carbonyl (C=O) groups excluding carboxylic acids is 1. The van der Waals surface area contributed by atoms with Crippen LogP contribution in [-0.2, 0) is 0 Å². The monoisotopic (exact) mass is 388 g/mol. The number of nitrogens with one attached hydrogen (secondary N) is 1. The number of anilines is 1. The van der Waals surface area contributed by atoms with Crippen molar-refractivity contribution >= 4 is 54.8 Å². The van der Waals surface area contributed by atoms with Gasteiger partial charge in [-0.25, -0.2) is 4.98 Å². The molecule has 0 saturated carbocycles. The fourth-order valence-electron chi connectivity index (χ4n) is 2.84. The van der Waals surface area contributed by atoms with Gasteiger partial charge in [0.15, 0.2) is 0 Å². The van der Waals surface area contributed by atoms with Gasteiger partial charge in [-0.15, -0.1) is 22.7 Å². The predicted octanol–water partition coefficient (Wildman–Crippen LogP) is 5.22. The number of carbonyl (C=O) groups is 1. The van der Waals surface area contributed by atoms with Crippen molar-refractivity contribution in [3.05, 3.63) is 71.9 Å². The third-order valence-electron chi connectivity index (χ3n) is 4.15. The molecule has 0 aliphatic heterocycles. The molecule has 0 unspecified atom stereocenters. The van der Waals surface area contributed by atoms with E-state index in [0.29, 0.717) is 11.1 Å². The molecule has 0 bridgehead atoms. The lowest BCUT2D eigenvalue weighted by Gasteiger charge is -2.06. The lowest BCUT2D eigenvalue weighted by Crippen LogP contribution is -2.11. The fraction of sp³-hybridized carbons (Fsp3) is 0. The first-order valence-corrected chi connectivity index (χ1v) is 9.93. The summed E-state index contributed by atoms with van der Waals surface area (Å²) in [5.41, 5.74) is 3.92. The number of hydrogen-bond acceptors (Lipinski definition) is 6. The minimum absolute atomic E-state index is 0.174. The molecule has 0 saturated heterocycles. The van der Waals surface area contributed by atoms with E-state index in [2.05, 4.69) is 21.4 Å². The molecule has 5 rings (SSSR count). The van der Waals surface area contributed by atoms with Gasteiger partial charge in [0.25, 0.3) is 5.91 Å². The van der Waals surface area contributed by atoms with Crippen molar-refractivity contribution in [1.29, 1.82) is 0 Å². The van der Waals surface area contributed by atoms with E-state index in [-0.39, 0.29) is 5.91 Å². The number of nitrogens with zero attached hydrogens (tertiary/aromatic N) is 3. The molecule has 5 aromatic rings. The Bertz CT molecular complexity index is 1260. The topological polar surface area (TPSA) is 67.8 Å². The van der Waals surface area contributed by atoms with E-state index in [4.69, 9.17) is 4.98 Å². The lowest BCUT2D eigenvalue weighted by atomic mass is 10.2. The molecule has 0 atom stereocenters. The summed E-state index contributed by atoms with van der Waals surface area (Å²) < 4.78 is 1.13. The molecule has 130 valence electrons. The highest BCUT2D eigenvalue weighted by Gasteiger charge is 2.15. The third kappa shape index (κ3) is 2.97. The van der Waals surface area contributed by atoms with Gasteiger partial charge in [0, 0.05) is 23.5 Å². The highest BCUT2D eigenvalue weighted by molar-refractivity contribution is 7.22. The number of aromatic nitrogens is 3. The molecule has 0 radical (unpaired) electrons. The van der Waals surface area contributed by atoms with Crippen LogP contribution in [0.2, 0.25) is 0 Å². The summed E-state index contributed by atoms with van der Waals surface area (Å²) in [6.07, 6.45) is 3.26. The largest absolute Gasteiger partial charge is 0.313 e. The molecule has 0 aliphatic carbocycles. The minimum Gasteiger partial charge on any atom is -0.313 e. The van der Waals surface area contributed by atoms with E-state index in [1.54, 1.807) is 41.9 Å². The Morgan fingerprint density at radius 1 is 0.926 bits per heavy atom. The van der Waals surface area contributed by atoms with Crippen LogP contribution >= 0.6 is 22.7 Å². The van der Waals surface area contributed by atoms with Gasteiger partial charge in [0.05, 0.1) is 21.3 Å². The standard InChI is InChI=1S/C20H12N4OS2/c25-18(12-5-6-14-16(11-12)22-9-8-21-14)24-19-13(7-10-26-19)20-23-15-3-1-2-4-17(15)27-20/h1-11H,(H,24,25). The van der Waals surface area contributed by atoms with Crippen LogP contribution in [0.25, 0.3) is 31.8 Å². The van der Waals surface area contributed by atoms with Crippen molar-refractivity contribution in [3.8, 4) is 10.6 Å². The molecule has 1 amide bonds. The summed E-state index contributed by atoms with van der Waals surface area (Å²) in [6, 6.07) is 15.3. The molecule has 7 heteroatoms. The zero-order valence-electron chi connectivity index (χ0n) is 13.9. The van der Waals surface area contributed by atoms with Crippen LogP contribution in [0.4, 0.5) is 5.00 Å². The number of thiophene rings is 1. The van der Waals surface area contributed by atoms with Gasteiger partial charge in [-0.05, 0) is 41.8 Å². The number of thiazole rings is 1. The Morgan fingerprint density at radius 3 is 2.67 bits per heavy atom. The normalized spacial score (nSPS) is 11.1. The van der Waals surface area contributed by atoms with Crippen LogP contribution in [0.3, 0.4) is 0 Å². The van der Waals surface area contributed by atoms with Gasteiger partial charge < -0.3 is 5.32 Å². The minimum atomic E-state index is -0.174. The number of benzene rings is 2. The van der Waals surface area contributed by atoms with Crippen LogP contribution in [0.5, 0.6) is 0 Å². The van der Waals surface area contributed by atoms with E-state index >= 15 is 0 Å². The Labute approximate surface area is 162 Å². The van der Waals surface area contributed by atoms with Gasteiger partial charge >= 0.3 is 0 Å². The summed E-state index contributed by atoms with van der Waals surface area (Å²) >= 11 is 3.11. The SMILES string of the molecule is O=C(Nc1sccc1-c1nc2ccccc2s1)c1ccc2nccnc2c1. The van der Waals surface area contributed by atoms with E-state index in [1.807, 2.05) is 29.6 Å². The molecular weight excluding hydrogens is 376 g/mol. The lowest BCUT2D eigenvalue weighted by molar-refractivity contribution is 0.102. The van der Waals surface area contributed by atoms with Gasteiger partial charge in [0.1, 0.15) is 10.0 Å². The Hall–Kier alpha value is -3.16. The summed E-state index contributed by atoms with van der Waals surface area (Å²) in [5, 5.41) is 6.66. The zero-order valence-corrected chi connectivity index (χ0v) is 15.6. The summed E-state index contributed by atoms with van der Waals surface area (Å²) in [6.45, 7) is 0. The highest BCUT2D eigenvalue weighted by Crippen LogP contribution is 2.37. The van der Waals surface area contributed by atoms with Gasteiger partial charge in [0.2, 0.25) is 0 Å². The Kier molecular flexibility index (Phi) is 3.88. The van der Waals surface area contributed by atoms with Crippen molar-refractivity contribution in [3.63, 3.8) is 0 Å². The van der Waals surface area contributed by atoms with Crippen molar-refractivity contribution in [2.75, 3.05) is 5.32 Å². The van der Waals surface area contributed by atoms with Gasteiger partial charge in [-0.2, -0.15) is 0 Å². The van der Waals surface area contributed by atoms with Crippen LogP contribution in [0, 0.1) is 0 Å². The molecule has 3 aromatic heterocycles. The third-order valence-corrected chi connectivity index (χ3v) is 6.05. The van der Waals surface area contributed by atoms with Crippen molar-refractivity contribution < 1.29 is 4.79 Å². The maximum Gasteiger partial charge on any atom is 0.256 e. The van der Waals surface area contributed by atoms with E-state index < -0.39 is 0 Å². The molecule has 0 fully saturated rings. The number of amides is 1. The summed E-state index contributed by atoms with van der Waals surface area (Å²) in [5.74, 6) is -0.174. The molecule has 0 spiro atoms. The second kappa shape index (κ2) is 6.53. The first-order valence-electron chi connectivity index (χ1n) is 8.23. The van der Waals surface area contributed by atoms with Crippen molar-refractivity contribution in [1.82, 2.24) is 15.0 Å². The highest BCUT2D eigenvalue weighted by atomic mass is 32.1. The van der Waals surface area contributed by atoms with Crippen molar-refractivity contribution in [2.24, 2.45) is 0 Å². The second-order valence-corrected chi connectivity index (χ2v) is 7.81. The average Bonchev–Trinajstić information content (AvgIpc) is 3.33. The van der Waals surface area contributed by atoms with Gasteiger partial charge in [-0.3, -0.25) is 14.8 Å². The first-order chi connectivity index (χ1) is 13.3. The van der Waals surface area contributed by atoms with Crippen LogP contribution in [-0.4, -0.2) is 20.9 Å². The van der Waals surface area contributed by atoms with Crippen LogP contribution in [0.1, 0.15) is 10.4 Å². The molecule has 3 heterocycles. The van der Waals surface area contributed by atoms with Gasteiger partial charge in [-0.1, -0.05) is 12.1 Å². The second-order valence-electron chi connectivity index (χ2n) is 5.86.